The molecule has 118 valence electrons. The highest BCUT2D eigenvalue weighted by Gasteiger charge is 2.34. The normalized spacial score (nSPS) is 11.5. The van der Waals surface area contributed by atoms with Gasteiger partial charge in [-0.05, 0) is 24.3 Å². The van der Waals surface area contributed by atoms with Crippen LogP contribution in [0.3, 0.4) is 0 Å². The van der Waals surface area contributed by atoms with Crippen LogP contribution < -0.4 is 0 Å². The summed E-state index contributed by atoms with van der Waals surface area (Å²) in [6, 6.07) is 14.8. The molecule has 2 rings (SSSR count). The van der Waals surface area contributed by atoms with E-state index in [0.717, 1.165) is 4.90 Å². The first-order valence-corrected chi connectivity index (χ1v) is 7.51. The van der Waals surface area contributed by atoms with Crippen molar-refractivity contribution in [1.29, 1.82) is 0 Å². The van der Waals surface area contributed by atoms with E-state index in [4.69, 9.17) is 0 Å². The molecule has 0 aliphatic heterocycles. The molecule has 2 amide bonds. The number of benzene rings is 2. The number of amides is 2. The van der Waals surface area contributed by atoms with Crippen molar-refractivity contribution in [1.82, 2.24) is 4.90 Å². The number of carbonyl (C=O) groups excluding carboxylic acids is 2. The maximum Gasteiger partial charge on any atom is 0.327 e. The van der Waals surface area contributed by atoms with E-state index in [-0.39, 0.29) is 16.9 Å². The molecule has 5 nitrogen and oxygen atoms in total. The van der Waals surface area contributed by atoms with Crippen LogP contribution in [0.5, 0.6) is 0 Å². The zero-order valence-corrected chi connectivity index (χ0v) is 13.0. The van der Waals surface area contributed by atoms with Crippen LogP contribution in [0.25, 0.3) is 0 Å². The summed E-state index contributed by atoms with van der Waals surface area (Å²) in [5, 5.41) is 9.34. The Balaban J connectivity index is 2.46. The molecule has 23 heavy (non-hydrogen) atoms. The monoisotopic (exact) mass is 329 g/mol. The molecule has 0 saturated heterocycles. The van der Waals surface area contributed by atoms with Gasteiger partial charge in [-0.15, -0.1) is 0 Å². The van der Waals surface area contributed by atoms with Crippen molar-refractivity contribution in [2.45, 2.75) is 6.04 Å². The summed E-state index contributed by atoms with van der Waals surface area (Å²) in [5.74, 6) is -2.79. The van der Waals surface area contributed by atoms with Crippen LogP contribution >= 0.6 is 12.6 Å². The molecular formula is C17H15NO4S. The fourth-order valence-corrected chi connectivity index (χ4v) is 2.40. The third kappa shape index (κ3) is 3.78. The molecule has 0 unspecified atom stereocenters. The smallest absolute Gasteiger partial charge is 0.327 e. The fraction of sp³-hybridized carbons (Fsp3) is 0.118. The molecule has 0 fully saturated rings. The molecular weight excluding hydrogens is 314 g/mol. The first-order chi connectivity index (χ1) is 11.1. The Morgan fingerprint density at radius 1 is 0.870 bits per heavy atom. The predicted octanol–water partition coefficient (Wildman–Crippen LogP) is 2.35. The number of imide groups is 1. The van der Waals surface area contributed by atoms with E-state index in [1.165, 1.54) is 24.3 Å². The summed E-state index contributed by atoms with van der Waals surface area (Å²) in [4.78, 5) is 37.5. The lowest BCUT2D eigenvalue weighted by atomic mass is 10.1. The average Bonchev–Trinajstić information content (AvgIpc) is 2.59. The van der Waals surface area contributed by atoms with Gasteiger partial charge in [0.2, 0.25) is 0 Å². The van der Waals surface area contributed by atoms with E-state index in [1.54, 1.807) is 36.4 Å². The van der Waals surface area contributed by atoms with Gasteiger partial charge in [0.05, 0.1) is 0 Å². The van der Waals surface area contributed by atoms with Gasteiger partial charge in [0.25, 0.3) is 11.8 Å². The molecule has 6 heteroatoms. The van der Waals surface area contributed by atoms with E-state index >= 15 is 0 Å². The van der Waals surface area contributed by atoms with Crippen LogP contribution in [0.1, 0.15) is 20.7 Å². The van der Waals surface area contributed by atoms with E-state index in [2.05, 4.69) is 12.6 Å². The van der Waals surface area contributed by atoms with Crippen molar-refractivity contribution < 1.29 is 19.5 Å². The van der Waals surface area contributed by atoms with E-state index in [0.29, 0.717) is 0 Å². The van der Waals surface area contributed by atoms with Crippen molar-refractivity contribution >= 4 is 30.4 Å². The number of hydrogen-bond donors (Lipinski definition) is 2. The molecule has 0 aliphatic rings. The third-order valence-electron chi connectivity index (χ3n) is 3.25. The van der Waals surface area contributed by atoms with Crippen LogP contribution in [-0.4, -0.2) is 39.6 Å². The zero-order chi connectivity index (χ0) is 16.8. The highest BCUT2D eigenvalue weighted by atomic mass is 32.1. The number of aliphatic carboxylic acids is 1. The molecule has 0 bridgehead atoms. The SMILES string of the molecule is O=C(O)[C@H](CS)N(C(=O)c1ccccc1)C(=O)c1ccccc1. The number of rotatable bonds is 5. The van der Waals surface area contributed by atoms with Gasteiger partial charge < -0.3 is 5.11 Å². The number of carboxylic acids is 1. The second-order valence-corrected chi connectivity index (χ2v) is 5.11. The van der Waals surface area contributed by atoms with E-state index in [1.807, 2.05) is 0 Å². The molecule has 0 spiro atoms. The second-order valence-electron chi connectivity index (χ2n) is 4.75. The van der Waals surface area contributed by atoms with E-state index in [9.17, 15) is 19.5 Å². The summed E-state index contributed by atoms with van der Waals surface area (Å²) in [6.45, 7) is 0. The minimum Gasteiger partial charge on any atom is -0.480 e. The molecule has 0 aromatic heterocycles. The third-order valence-corrected chi connectivity index (χ3v) is 3.59. The van der Waals surface area contributed by atoms with Crippen molar-refractivity contribution in [3.05, 3.63) is 71.8 Å². The molecule has 0 heterocycles. The van der Waals surface area contributed by atoms with Crippen LogP contribution in [0.15, 0.2) is 60.7 Å². The van der Waals surface area contributed by atoms with Gasteiger partial charge in [-0.3, -0.25) is 14.5 Å². The molecule has 2 aromatic rings. The number of nitrogens with zero attached hydrogens (tertiary/aromatic N) is 1. The van der Waals surface area contributed by atoms with Gasteiger partial charge in [0.15, 0.2) is 0 Å². The highest BCUT2D eigenvalue weighted by molar-refractivity contribution is 7.80. The predicted molar refractivity (Wildman–Crippen MR) is 88.7 cm³/mol. The lowest BCUT2D eigenvalue weighted by molar-refractivity contribution is -0.140. The van der Waals surface area contributed by atoms with E-state index < -0.39 is 23.8 Å². The summed E-state index contributed by atoms with van der Waals surface area (Å²) < 4.78 is 0. The summed E-state index contributed by atoms with van der Waals surface area (Å²) in [7, 11) is 0. The lowest BCUT2D eigenvalue weighted by Gasteiger charge is -2.26. The van der Waals surface area contributed by atoms with Crippen molar-refractivity contribution in [3.8, 4) is 0 Å². The van der Waals surface area contributed by atoms with Crippen LogP contribution in [-0.2, 0) is 4.79 Å². The molecule has 0 saturated carbocycles. The quantitative estimate of drug-likeness (QED) is 0.652. The van der Waals surface area contributed by atoms with Gasteiger partial charge in [0, 0.05) is 16.9 Å². The van der Waals surface area contributed by atoms with Crippen LogP contribution in [0, 0.1) is 0 Å². The highest BCUT2D eigenvalue weighted by Crippen LogP contribution is 2.15. The van der Waals surface area contributed by atoms with Crippen molar-refractivity contribution in [2.24, 2.45) is 0 Å². The second kappa shape index (κ2) is 7.60. The van der Waals surface area contributed by atoms with Crippen molar-refractivity contribution in [2.75, 3.05) is 5.75 Å². The molecule has 1 atom stereocenters. The molecule has 0 aliphatic carbocycles. The van der Waals surface area contributed by atoms with Gasteiger partial charge in [0.1, 0.15) is 6.04 Å². The summed E-state index contributed by atoms with van der Waals surface area (Å²) >= 11 is 3.98. The Morgan fingerprint density at radius 3 is 1.57 bits per heavy atom. The minimum atomic E-state index is -1.35. The Bertz CT molecular complexity index is 652. The maximum atomic E-state index is 12.7. The minimum absolute atomic E-state index is 0.174. The van der Waals surface area contributed by atoms with Crippen LogP contribution in [0.2, 0.25) is 0 Å². The van der Waals surface area contributed by atoms with Gasteiger partial charge in [-0.25, -0.2) is 4.79 Å². The first-order valence-electron chi connectivity index (χ1n) is 6.88. The Morgan fingerprint density at radius 2 is 1.26 bits per heavy atom. The number of thiol groups is 1. The summed E-state index contributed by atoms with van der Waals surface area (Å²) in [6.07, 6.45) is 0. The Kier molecular flexibility index (Phi) is 5.54. The number of carbonyl (C=O) groups is 3. The fourth-order valence-electron chi connectivity index (χ4n) is 2.09. The Hall–Kier alpha value is -2.60. The molecule has 2 aromatic carbocycles. The topological polar surface area (TPSA) is 74.7 Å². The average molecular weight is 329 g/mol. The summed E-state index contributed by atoms with van der Waals surface area (Å²) in [5.41, 5.74) is 0.481. The number of carboxylic acid groups (broad SMARTS) is 1. The molecule has 0 radical (unpaired) electrons. The van der Waals surface area contributed by atoms with Gasteiger partial charge in [-0.1, -0.05) is 36.4 Å². The zero-order valence-electron chi connectivity index (χ0n) is 12.1. The van der Waals surface area contributed by atoms with Gasteiger partial charge in [-0.2, -0.15) is 12.6 Å². The standard InChI is InChI=1S/C17H15NO4S/c19-15(12-7-3-1-4-8-12)18(14(11-23)17(21)22)16(20)13-9-5-2-6-10-13/h1-10,14,23H,11H2,(H,21,22)/t14-/m0/s1. The first kappa shape index (κ1) is 16.8. The Labute approximate surface area is 139 Å². The van der Waals surface area contributed by atoms with Crippen LogP contribution in [0.4, 0.5) is 0 Å². The van der Waals surface area contributed by atoms with Gasteiger partial charge >= 0.3 is 5.97 Å². The molecule has 1 N–H and O–H groups in total. The largest absolute Gasteiger partial charge is 0.480 e. The maximum absolute atomic E-state index is 12.7. The lowest BCUT2D eigenvalue weighted by Crippen LogP contribution is -2.49. The van der Waals surface area contributed by atoms with Crippen molar-refractivity contribution in [3.63, 3.8) is 0 Å². The number of hydrogen-bond acceptors (Lipinski definition) is 4.